The molecule has 0 amide bonds. The van der Waals surface area contributed by atoms with E-state index in [1.807, 2.05) is 11.8 Å². The molecule has 2 fully saturated rings. The van der Waals surface area contributed by atoms with Gasteiger partial charge in [-0.2, -0.15) is 0 Å². The first-order valence-corrected chi connectivity index (χ1v) is 8.61. The first-order valence-electron chi connectivity index (χ1n) is 7.62. The summed E-state index contributed by atoms with van der Waals surface area (Å²) in [5.74, 6) is 3.75. The van der Waals surface area contributed by atoms with Crippen molar-refractivity contribution in [3.8, 4) is 0 Å². The maximum Gasteiger partial charge on any atom is 0.156 e. The molecule has 0 aromatic carbocycles. The molecule has 3 heteroatoms. The Morgan fingerprint density at radius 2 is 1.89 bits per heavy atom. The van der Waals surface area contributed by atoms with Crippen LogP contribution in [-0.4, -0.2) is 23.5 Å². The molecule has 0 aromatic rings. The van der Waals surface area contributed by atoms with E-state index >= 15 is 0 Å². The fourth-order valence-electron chi connectivity index (χ4n) is 2.90. The molecule has 0 radical (unpaired) electrons. The summed E-state index contributed by atoms with van der Waals surface area (Å²) in [7, 11) is 0. The Hall–Kier alpha value is -0.180. The Morgan fingerprint density at radius 1 is 1.22 bits per heavy atom. The second-order valence-electron chi connectivity index (χ2n) is 6.25. The number of nitrogens with zero attached hydrogens (tertiary/aromatic N) is 1. The van der Waals surface area contributed by atoms with Gasteiger partial charge in [-0.1, -0.05) is 51.8 Å². The van der Waals surface area contributed by atoms with Crippen molar-refractivity contribution in [2.24, 2.45) is 22.7 Å². The topological polar surface area (TPSA) is 24.4 Å². The highest BCUT2D eigenvalue weighted by Crippen LogP contribution is 2.31. The first kappa shape index (κ1) is 14.2. The van der Waals surface area contributed by atoms with Gasteiger partial charge in [-0.25, -0.2) is 0 Å². The maximum atomic E-state index is 4.80. The summed E-state index contributed by atoms with van der Waals surface area (Å²) in [4.78, 5) is 4.80. The Bertz CT molecular complexity index is 280. The molecule has 0 aromatic heterocycles. The second-order valence-corrected chi connectivity index (χ2v) is 7.26. The normalized spacial score (nSPS) is 35.1. The van der Waals surface area contributed by atoms with Crippen LogP contribution in [-0.2, 0) is 0 Å². The van der Waals surface area contributed by atoms with Crippen molar-refractivity contribution in [1.82, 2.24) is 5.32 Å². The molecule has 18 heavy (non-hydrogen) atoms. The number of thioether (sulfide) groups is 1. The lowest BCUT2D eigenvalue weighted by molar-refractivity contribution is 0.274. The van der Waals surface area contributed by atoms with Crippen LogP contribution in [0, 0.1) is 17.8 Å². The summed E-state index contributed by atoms with van der Waals surface area (Å²) >= 11 is 1.91. The van der Waals surface area contributed by atoms with Crippen molar-refractivity contribution in [2.75, 3.05) is 12.3 Å². The molecule has 1 saturated heterocycles. The van der Waals surface area contributed by atoms with Gasteiger partial charge in [0.05, 0.1) is 0 Å². The lowest BCUT2D eigenvalue weighted by Crippen LogP contribution is -2.32. The van der Waals surface area contributed by atoms with Crippen molar-refractivity contribution in [2.45, 2.75) is 58.9 Å². The molecule has 2 aliphatic rings. The standard InChI is InChI=1S/C15H28N2S/c1-4-12-5-7-13(8-6-12)9-16-15-17-14(10-18-15)11(2)3/h11-14H,4-10H2,1-3H3,(H,16,17). The third-order valence-electron chi connectivity index (χ3n) is 4.55. The monoisotopic (exact) mass is 268 g/mol. The molecule has 1 unspecified atom stereocenters. The Labute approximate surface area is 116 Å². The van der Waals surface area contributed by atoms with E-state index in [2.05, 4.69) is 26.1 Å². The Balaban J connectivity index is 1.72. The van der Waals surface area contributed by atoms with Crippen LogP contribution in [0.5, 0.6) is 0 Å². The SMILES string of the molecule is CCC1CCC(CN=C2NC(C(C)C)CS2)CC1. The average Bonchev–Trinajstić information content (AvgIpc) is 2.86. The van der Waals surface area contributed by atoms with Crippen LogP contribution < -0.4 is 5.32 Å². The van der Waals surface area contributed by atoms with Gasteiger partial charge in [0.25, 0.3) is 0 Å². The van der Waals surface area contributed by atoms with Crippen molar-refractivity contribution in [1.29, 1.82) is 0 Å². The fourth-order valence-corrected chi connectivity index (χ4v) is 4.10. The summed E-state index contributed by atoms with van der Waals surface area (Å²) < 4.78 is 0. The third-order valence-corrected chi connectivity index (χ3v) is 5.60. The molecule has 1 N–H and O–H groups in total. The lowest BCUT2D eigenvalue weighted by atomic mass is 9.81. The Kier molecular flexibility index (Phi) is 5.40. The summed E-state index contributed by atoms with van der Waals surface area (Å²) in [6.45, 7) is 7.95. The van der Waals surface area contributed by atoms with E-state index in [4.69, 9.17) is 4.99 Å². The lowest BCUT2D eigenvalue weighted by Gasteiger charge is -2.26. The molecule has 1 aliphatic heterocycles. The quantitative estimate of drug-likeness (QED) is 0.835. The molecule has 1 aliphatic carbocycles. The van der Waals surface area contributed by atoms with Crippen LogP contribution in [0.4, 0.5) is 0 Å². The van der Waals surface area contributed by atoms with E-state index in [1.165, 1.54) is 43.0 Å². The van der Waals surface area contributed by atoms with Crippen molar-refractivity contribution in [3.63, 3.8) is 0 Å². The van der Waals surface area contributed by atoms with Crippen molar-refractivity contribution < 1.29 is 0 Å². The second kappa shape index (κ2) is 6.83. The predicted molar refractivity (Wildman–Crippen MR) is 82.3 cm³/mol. The van der Waals surface area contributed by atoms with Gasteiger partial charge in [0.1, 0.15) is 0 Å². The molecule has 0 bridgehead atoms. The van der Waals surface area contributed by atoms with Gasteiger partial charge < -0.3 is 5.32 Å². The predicted octanol–water partition coefficient (Wildman–Crippen LogP) is 3.92. The average molecular weight is 268 g/mol. The van der Waals surface area contributed by atoms with E-state index in [0.717, 1.165) is 18.4 Å². The molecule has 104 valence electrons. The van der Waals surface area contributed by atoms with Crippen molar-refractivity contribution in [3.05, 3.63) is 0 Å². The highest BCUT2D eigenvalue weighted by atomic mass is 32.2. The van der Waals surface area contributed by atoms with Gasteiger partial charge in [0.2, 0.25) is 0 Å². The number of rotatable bonds is 4. The minimum atomic E-state index is 0.629. The number of aliphatic imine (C=N–C) groups is 1. The zero-order valence-corrected chi connectivity index (χ0v) is 12.9. The molecule has 2 rings (SSSR count). The minimum absolute atomic E-state index is 0.629. The number of amidine groups is 1. The molecule has 1 heterocycles. The molecule has 1 saturated carbocycles. The van der Waals surface area contributed by atoms with Crippen LogP contribution in [0.25, 0.3) is 0 Å². The maximum absolute atomic E-state index is 4.80. The number of hydrogen-bond acceptors (Lipinski definition) is 2. The van der Waals surface area contributed by atoms with Gasteiger partial charge >= 0.3 is 0 Å². The van der Waals surface area contributed by atoms with E-state index in [0.29, 0.717) is 12.0 Å². The van der Waals surface area contributed by atoms with Crippen LogP contribution in [0.1, 0.15) is 52.9 Å². The fraction of sp³-hybridized carbons (Fsp3) is 0.933. The smallest absolute Gasteiger partial charge is 0.156 e. The van der Waals surface area contributed by atoms with Crippen LogP contribution in [0.2, 0.25) is 0 Å². The van der Waals surface area contributed by atoms with Gasteiger partial charge in [0.15, 0.2) is 5.17 Å². The molecular formula is C15H28N2S. The summed E-state index contributed by atoms with van der Waals surface area (Å²) in [6, 6.07) is 0.629. The number of nitrogens with one attached hydrogen (secondary N) is 1. The zero-order valence-electron chi connectivity index (χ0n) is 12.1. The first-order chi connectivity index (χ1) is 8.69. The van der Waals surface area contributed by atoms with Crippen LogP contribution >= 0.6 is 11.8 Å². The highest BCUT2D eigenvalue weighted by molar-refractivity contribution is 8.14. The van der Waals surface area contributed by atoms with Gasteiger partial charge in [0, 0.05) is 18.3 Å². The summed E-state index contributed by atoms with van der Waals surface area (Å²) in [6.07, 6.45) is 7.03. The molecular weight excluding hydrogens is 240 g/mol. The van der Waals surface area contributed by atoms with E-state index in [1.54, 1.807) is 0 Å². The van der Waals surface area contributed by atoms with E-state index in [-0.39, 0.29) is 0 Å². The number of hydrogen-bond donors (Lipinski definition) is 1. The molecule has 0 spiro atoms. The molecule has 1 atom stereocenters. The van der Waals surface area contributed by atoms with Crippen LogP contribution in [0.15, 0.2) is 4.99 Å². The summed E-state index contributed by atoms with van der Waals surface area (Å²) in [5, 5.41) is 4.76. The van der Waals surface area contributed by atoms with Crippen LogP contribution in [0.3, 0.4) is 0 Å². The van der Waals surface area contributed by atoms with Gasteiger partial charge in [-0.05, 0) is 30.6 Å². The van der Waals surface area contributed by atoms with Gasteiger partial charge in [-0.15, -0.1) is 0 Å². The minimum Gasteiger partial charge on any atom is -0.361 e. The summed E-state index contributed by atoms with van der Waals surface area (Å²) in [5.41, 5.74) is 0. The third kappa shape index (κ3) is 3.91. The Morgan fingerprint density at radius 3 is 2.44 bits per heavy atom. The van der Waals surface area contributed by atoms with E-state index in [9.17, 15) is 0 Å². The van der Waals surface area contributed by atoms with E-state index < -0.39 is 0 Å². The molecule has 2 nitrogen and oxygen atoms in total. The highest BCUT2D eigenvalue weighted by Gasteiger charge is 2.24. The van der Waals surface area contributed by atoms with Gasteiger partial charge in [-0.3, -0.25) is 4.99 Å². The largest absolute Gasteiger partial charge is 0.361 e. The zero-order chi connectivity index (χ0) is 13.0. The van der Waals surface area contributed by atoms with Crippen molar-refractivity contribution >= 4 is 16.9 Å².